The number of esters is 1. The van der Waals surface area contributed by atoms with Crippen molar-refractivity contribution < 1.29 is 14.3 Å². The summed E-state index contributed by atoms with van der Waals surface area (Å²) in [5.74, 6) is -1.19. The number of anilines is 1. The number of nitrogens with zero attached hydrogens (tertiary/aromatic N) is 3. The third kappa shape index (κ3) is 3.79. The minimum Gasteiger partial charge on any atom is -0.452 e. The number of rotatable bonds is 5. The van der Waals surface area contributed by atoms with Crippen molar-refractivity contribution in [3.8, 4) is 0 Å². The van der Waals surface area contributed by atoms with Crippen molar-refractivity contribution in [1.29, 1.82) is 0 Å². The first-order valence-electron chi connectivity index (χ1n) is 7.74. The molecular formula is C17H14Cl2N4O3. The molecule has 0 aliphatic rings. The number of hydrogen-bond donors (Lipinski definition) is 1. The molecule has 0 aliphatic heterocycles. The predicted octanol–water partition coefficient (Wildman–Crippen LogP) is 3.55. The van der Waals surface area contributed by atoms with Crippen LogP contribution in [0.15, 0.2) is 36.4 Å². The number of aromatic nitrogens is 3. The molecule has 0 spiro atoms. The van der Waals surface area contributed by atoms with Crippen molar-refractivity contribution in [1.82, 2.24) is 15.0 Å². The van der Waals surface area contributed by atoms with Gasteiger partial charge >= 0.3 is 5.97 Å². The first-order chi connectivity index (χ1) is 12.5. The predicted molar refractivity (Wildman–Crippen MR) is 98.6 cm³/mol. The van der Waals surface area contributed by atoms with Gasteiger partial charge in [0.1, 0.15) is 5.52 Å². The number of ether oxygens (including phenoxy) is 1. The number of amides is 1. The van der Waals surface area contributed by atoms with E-state index in [0.29, 0.717) is 22.1 Å². The Hall–Kier alpha value is -2.64. The zero-order chi connectivity index (χ0) is 18.7. The Labute approximate surface area is 158 Å². The van der Waals surface area contributed by atoms with E-state index in [1.54, 1.807) is 41.1 Å². The second-order valence-electron chi connectivity index (χ2n) is 5.33. The molecular weight excluding hydrogens is 379 g/mol. The van der Waals surface area contributed by atoms with Crippen molar-refractivity contribution in [2.75, 3.05) is 11.9 Å². The zero-order valence-electron chi connectivity index (χ0n) is 13.7. The van der Waals surface area contributed by atoms with Gasteiger partial charge < -0.3 is 10.1 Å². The summed E-state index contributed by atoms with van der Waals surface area (Å²) in [7, 11) is 0. The average Bonchev–Trinajstić information content (AvgIpc) is 3.05. The Kier molecular flexibility index (Phi) is 5.39. The molecule has 1 aromatic heterocycles. The van der Waals surface area contributed by atoms with Crippen LogP contribution in [-0.4, -0.2) is 33.5 Å². The summed E-state index contributed by atoms with van der Waals surface area (Å²) < 4.78 is 6.75. The maximum absolute atomic E-state index is 12.1. The number of aryl methyl sites for hydroxylation is 1. The molecule has 0 radical (unpaired) electrons. The lowest BCUT2D eigenvalue weighted by molar-refractivity contribution is -0.119. The summed E-state index contributed by atoms with van der Waals surface area (Å²) in [6.45, 7) is 2.14. The van der Waals surface area contributed by atoms with Crippen LogP contribution in [0, 0.1) is 0 Å². The molecule has 0 fully saturated rings. The van der Waals surface area contributed by atoms with Crippen LogP contribution in [0.25, 0.3) is 11.0 Å². The number of benzene rings is 2. The fourth-order valence-electron chi connectivity index (χ4n) is 2.34. The van der Waals surface area contributed by atoms with Gasteiger partial charge in [0.25, 0.3) is 5.91 Å². The first-order valence-corrected chi connectivity index (χ1v) is 8.49. The fraction of sp³-hybridized carbons (Fsp3) is 0.176. The molecule has 3 rings (SSSR count). The summed E-state index contributed by atoms with van der Waals surface area (Å²) >= 11 is 12.0. The lowest BCUT2D eigenvalue weighted by atomic mass is 10.2. The third-order valence-electron chi connectivity index (χ3n) is 3.61. The van der Waals surface area contributed by atoms with Crippen molar-refractivity contribution >= 4 is 51.8 Å². The van der Waals surface area contributed by atoms with E-state index < -0.39 is 18.5 Å². The van der Waals surface area contributed by atoms with E-state index in [1.807, 2.05) is 6.92 Å². The lowest BCUT2D eigenvalue weighted by Crippen LogP contribution is -2.21. The second-order valence-corrected chi connectivity index (χ2v) is 6.14. The van der Waals surface area contributed by atoms with Crippen LogP contribution in [-0.2, 0) is 16.1 Å². The highest BCUT2D eigenvalue weighted by atomic mass is 35.5. The van der Waals surface area contributed by atoms with Crippen LogP contribution in [0.1, 0.15) is 17.3 Å². The normalized spacial score (nSPS) is 10.7. The monoisotopic (exact) mass is 392 g/mol. The minimum atomic E-state index is -0.640. The van der Waals surface area contributed by atoms with Gasteiger partial charge in [-0.2, -0.15) is 0 Å². The second kappa shape index (κ2) is 7.72. The van der Waals surface area contributed by atoms with Gasteiger partial charge in [-0.05, 0) is 37.3 Å². The zero-order valence-corrected chi connectivity index (χ0v) is 15.2. The van der Waals surface area contributed by atoms with Gasteiger partial charge in [0.15, 0.2) is 6.61 Å². The lowest BCUT2D eigenvalue weighted by Gasteiger charge is -2.09. The molecule has 0 saturated heterocycles. The maximum atomic E-state index is 12.1. The quantitative estimate of drug-likeness (QED) is 0.670. The molecule has 7 nitrogen and oxygen atoms in total. The highest BCUT2D eigenvalue weighted by Crippen LogP contribution is 2.29. The van der Waals surface area contributed by atoms with Gasteiger partial charge in [0.2, 0.25) is 0 Å². The number of nitrogens with one attached hydrogen (secondary N) is 1. The molecule has 2 aromatic carbocycles. The Morgan fingerprint density at radius 1 is 1.19 bits per heavy atom. The smallest absolute Gasteiger partial charge is 0.338 e. The largest absolute Gasteiger partial charge is 0.452 e. The summed E-state index contributed by atoms with van der Waals surface area (Å²) in [6, 6.07) is 9.74. The first kappa shape index (κ1) is 18.2. The number of fused-ring (bicyclic) bond motifs is 1. The molecule has 26 heavy (non-hydrogen) atoms. The maximum Gasteiger partial charge on any atom is 0.338 e. The Balaban J connectivity index is 1.64. The highest BCUT2D eigenvalue weighted by Gasteiger charge is 2.14. The molecule has 0 unspecified atom stereocenters. The molecule has 3 aromatic rings. The van der Waals surface area contributed by atoms with Gasteiger partial charge in [-0.25, -0.2) is 9.48 Å². The summed E-state index contributed by atoms with van der Waals surface area (Å²) in [4.78, 5) is 24.1. The van der Waals surface area contributed by atoms with E-state index in [9.17, 15) is 9.59 Å². The van der Waals surface area contributed by atoms with Gasteiger partial charge in [-0.15, -0.1) is 5.10 Å². The van der Waals surface area contributed by atoms with Gasteiger partial charge in [0.05, 0.1) is 26.8 Å². The Bertz CT molecular complexity index is 967. The van der Waals surface area contributed by atoms with Crippen molar-refractivity contribution in [3.63, 3.8) is 0 Å². The average molecular weight is 393 g/mol. The standard InChI is InChI=1S/C17H14Cl2N4O3/c1-2-23-14-7-6-10(8-13(14)21-22-23)17(25)26-9-15(24)20-16-11(18)4-3-5-12(16)19/h3-8H,2,9H2,1H3,(H,20,24). The van der Waals surface area contributed by atoms with Crippen molar-refractivity contribution in [2.45, 2.75) is 13.5 Å². The fourth-order valence-corrected chi connectivity index (χ4v) is 2.83. The van der Waals surface area contributed by atoms with Gasteiger partial charge in [0, 0.05) is 6.54 Å². The van der Waals surface area contributed by atoms with Crippen LogP contribution in [0.3, 0.4) is 0 Å². The summed E-state index contributed by atoms with van der Waals surface area (Å²) in [5.41, 5.74) is 1.95. The molecule has 1 N–H and O–H groups in total. The minimum absolute atomic E-state index is 0.273. The summed E-state index contributed by atoms with van der Waals surface area (Å²) in [5, 5.41) is 11.1. The summed E-state index contributed by atoms with van der Waals surface area (Å²) in [6.07, 6.45) is 0. The van der Waals surface area contributed by atoms with Crippen molar-refractivity contribution in [2.24, 2.45) is 0 Å². The number of para-hydroxylation sites is 1. The molecule has 1 amide bonds. The van der Waals surface area contributed by atoms with E-state index in [4.69, 9.17) is 27.9 Å². The van der Waals surface area contributed by atoms with E-state index in [2.05, 4.69) is 15.6 Å². The molecule has 1 heterocycles. The van der Waals surface area contributed by atoms with Crippen LogP contribution >= 0.6 is 23.2 Å². The van der Waals surface area contributed by atoms with E-state index >= 15 is 0 Å². The molecule has 0 aliphatic carbocycles. The number of hydrogen-bond acceptors (Lipinski definition) is 5. The molecule has 9 heteroatoms. The van der Waals surface area contributed by atoms with Crippen LogP contribution < -0.4 is 5.32 Å². The number of halogens is 2. The van der Waals surface area contributed by atoms with E-state index in [0.717, 1.165) is 5.52 Å². The molecule has 0 saturated carbocycles. The van der Waals surface area contributed by atoms with E-state index in [-0.39, 0.29) is 11.3 Å². The van der Waals surface area contributed by atoms with Gasteiger partial charge in [-0.1, -0.05) is 34.5 Å². The van der Waals surface area contributed by atoms with Crippen LogP contribution in [0.2, 0.25) is 10.0 Å². The van der Waals surface area contributed by atoms with Crippen LogP contribution in [0.4, 0.5) is 5.69 Å². The van der Waals surface area contributed by atoms with Gasteiger partial charge in [-0.3, -0.25) is 4.79 Å². The highest BCUT2D eigenvalue weighted by molar-refractivity contribution is 6.39. The van der Waals surface area contributed by atoms with Crippen LogP contribution in [0.5, 0.6) is 0 Å². The van der Waals surface area contributed by atoms with E-state index in [1.165, 1.54) is 0 Å². The van der Waals surface area contributed by atoms with Crippen molar-refractivity contribution in [3.05, 3.63) is 52.0 Å². The number of carbonyl (C=O) groups is 2. The Morgan fingerprint density at radius 2 is 1.92 bits per heavy atom. The number of carbonyl (C=O) groups excluding carboxylic acids is 2. The molecule has 134 valence electrons. The third-order valence-corrected chi connectivity index (χ3v) is 4.24. The SMILES string of the molecule is CCn1nnc2cc(C(=O)OCC(=O)Nc3c(Cl)cccc3Cl)ccc21. The molecule has 0 atom stereocenters. The Morgan fingerprint density at radius 3 is 2.62 bits per heavy atom. The topological polar surface area (TPSA) is 86.1 Å². The molecule has 0 bridgehead atoms.